The molecule has 1 heterocycles. The number of anilines is 1. The van der Waals surface area contributed by atoms with E-state index < -0.39 is 20.9 Å². The second-order valence-corrected chi connectivity index (χ2v) is 7.66. The van der Waals surface area contributed by atoms with Crippen molar-refractivity contribution in [3.8, 4) is 0 Å². The van der Waals surface area contributed by atoms with Gasteiger partial charge < -0.3 is 5.32 Å². The van der Waals surface area contributed by atoms with Crippen LogP contribution in [0.4, 0.5) is 5.69 Å². The van der Waals surface area contributed by atoms with E-state index in [9.17, 15) is 13.2 Å². The fraction of sp³-hybridized carbons (Fsp3) is 0.154. The van der Waals surface area contributed by atoms with Crippen molar-refractivity contribution in [2.24, 2.45) is 0 Å². The quantitative estimate of drug-likeness (QED) is 0.795. The Labute approximate surface area is 141 Å². The number of hydrogen-bond donors (Lipinski definition) is 1. The molecular weight excluding hydrogens is 394 g/mol. The third-order valence-corrected chi connectivity index (χ3v) is 4.63. The van der Waals surface area contributed by atoms with Crippen molar-refractivity contribution in [1.29, 1.82) is 0 Å². The number of carbonyl (C=O) groups is 1. The van der Waals surface area contributed by atoms with Crippen LogP contribution >= 0.6 is 27.5 Å². The number of aromatic nitrogens is 2. The van der Waals surface area contributed by atoms with Crippen molar-refractivity contribution in [3.05, 3.63) is 45.1 Å². The summed E-state index contributed by atoms with van der Waals surface area (Å²) in [6.07, 6.45) is 2.20. The predicted octanol–water partition coefficient (Wildman–Crippen LogP) is 2.86. The first-order valence-electron chi connectivity index (χ1n) is 5.99. The van der Waals surface area contributed by atoms with E-state index in [1.165, 1.54) is 6.20 Å². The van der Waals surface area contributed by atoms with E-state index in [1.54, 1.807) is 25.1 Å². The van der Waals surface area contributed by atoms with Crippen LogP contribution in [0.5, 0.6) is 0 Å². The number of sulfone groups is 1. The highest BCUT2D eigenvalue weighted by molar-refractivity contribution is 9.10. The van der Waals surface area contributed by atoms with Gasteiger partial charge in [0.1, 0.15) is 5.69 Å². The Morgan fingerprint density at radius 2 is 2.05 bits per heavy atom. The van der Waals surface area contributed by atoms with Crippen LogP contribution in [0.25, 0.3) is 0 Å². The summed E-state index contributed by atoms with van der Waals surface area (Å²) in [4.78, 5) is 19.8. The van der Waals surface area contributed by atoms with Gasteiger partial charge in [-0.3, -0.25) is 4.79 Å². The first-order chi connectivity index (χ1) is 10.2. The van der Waals surface area contributed by atoms with Gasteiger partial charge in [-0.25, -0.2) is 18.4 Å². The lowest BCUT2D eigenvalue weighted by Gasteiger charge is -2.10. The molecule has 1 amide bonds. The molecule has 0 atom stereocenters. The van der Waals surface area contributed by atoms with Gasteiger partial charge in [0, 0.05) is 23.2 Å². The van der Waals surface area contributed by atoms with Crippen LogP contribution in [0.3, 0.4) is 0 Å². The molecule has 1 N–H and O–H groups in total. The molecular formula is C13H11BrClN3O3S. The van der Waals surface area contributed by atoms with Gasteiger partial charge >= 0.3 is 0 Å². The number of nitrogens with one attached hydrogen (secondary N) is 1. The summed E-state index contributed by atoms with van der Waals surface area (Å²) in [6.45, 7) is 1.76. The van der Waals surface area contributed by atoms with Crippen molar-refractivity contribution in [1.82, 2.24) is 9.97 Å². The molecule has 0 radical (unpaired) electrons. The van der Waals surface area contributed by atoms with Crippen LogP contribution < -0.4 is 5.32 Å². The maximum Gasteiger partial charge on any atom is 0.275 e. The van der Waals surface area contributed by atoms with Gasteiger partial charge in [-0.15, -0.1) is 0 Å². The number of amides is 1. The minimum Gasteiger partial charge on any atom is -0.320 e. The molecule has 22 heavy (non-hydrogen) atoms. The zero-order chi connectivity index (χ0) is 16.5. The molecule has 116 valence electrons. The van der Waals surface area contributed by atoms with Crippen LogP contribution in [0.15, 0.2) is 34.0 Å². The van der Waals surface area contributed by atoms with Gasteiger partial charge in [0.25, 0.3) is 5.91 Å². The van der Waals surface area contributed by atoms with E-state index >= 15 is 0 Å². The van der Waals surface area contributed by atoms with Gasteiger partial charge in [-0.2, -0.15) is 0 Å². The summed E-state index contributed by atoms with van der Waals surface area (Å²) in [6, 6.07) is 5.09. The standard InChI is InChI=1S/C13H11BrClN3O3S/c1-7-9(15)4-3-5-10(7)17-12(19)11-8(14)6-16-13(18-11)22(2,20)21/h3-6H,1-2H3,(H,17,19). The van der Waals surface area contributed by atoms with Crippen molar-refractivity contribution in [3.63, 3.8) is 0 Å². The van der Waals surface area contributed by atoms with Crippen LogP contribution in [0.1, 0.15) is 16.1 Å². The molecule has 9 heteroatoms. The SMILES string of the molecule is Cc1c(Cl)cccc1NC(=O)c1nc(S(C)(=O)=O)ncc1Br. The zero-order valence-electron chi connectivity index (χ0n) is 11.6. The average Bonchev–Trinajstić information content (AvgIpc) is 2.43. The number of nitrogens with zero attached hydrogens (tertiary/aromatic N) is 2. The Hall–Kier alpha value is -1.51. The fourth-order valence-electron chi connectivity index (χ4n) is 1.61. The summed E-state index contributed by atoms with van der Waals surface area (Å²) in [5.74, 6) is -0.565. The molecule has 1 aromatic carbocycles. The summed E-state index contributed by atoms with van der Waals surface area (Å²) >= 11 is 9.13. The van der Waals surface area contributed by atoms with E-state index in [2.05, 4.69) is 31.2 Å². The van der Waals surface area contributed by atoms with E-state index in [4.69, 9.17) is 11.6 Å². The number of carbonyl (C=O) groups excluding carboxylic acids is 1. The van der Waals surface area contributed by atoms with Crippen LogP contribution in [-0.4, -0.2) is 30.5 Å². The number of halogens is 2. The molecule has 2 aromatic rings. The normalized spacial score (nSPS) is 11.3. The highest BCUT2D eigenvalue weighted by Crippen LogP contribution is 2.24. The van der Waals surface area contributed by atoms with Crippen molar-refractivity contribution in [2.45, 2.75) is 12.1 Å². The number of benzene rings is 1. The van der Waals surface area contributed by atoms with Crippen LogP contribution in [0, 0.1) is 6.92 Å². The van der Waals surface area contributed by atoms with Crippen LogP contribution in [-0.2, 0) is 9.84 Å². The van der Waals surface area contributed by atoms with Gasteiger partial charge in [-0.1, -0.05) is 17.7 Å². The molecule has 1 aromatic heterocycles. The number of rotatable bonds is 3. The van der Waals surface area contributed by atoms with Crippen molar-refractivity contribution in [2.75, 3.05) is 11.6 Å². The lowest BCUT2D eigenvalue weighted by Crippen LogP contribution is -2.17. The number of hydrogen-bond acceptors (Lipinski definition) is 5. The Balaban J connectivity index is 2.40. The van der Waals surface area contributed by atoms with E-state index in [0.29, 0.717) is 16.3 Å². The second-order valence-electron chi connectivity index (χ2n) is 4.49. The van der Waals surface area contributed by atoms with E-state index in [1.807, 2.05) is 0 Å². The largest absolute Gasteiger partial charge is 0.320 e. The summed E-state index contributed by atoms with van der Waals surface area (Å²) < 4.78 is 23.3. The third kappa shape index (κ3) is 3.63. The lowest BCUT2D eigenvalue weighted by atomic mass is 10.2. The first kappa shape index (κ1) is 16.9. The third-order valence-electron chi connectivity index (χ3n) is 2.78. The van der Waals surface area contributed by atoms with E-state index in [0.717, 1.165) is 6.26 Å². The highest BCUT2D eigenvalue weighted by Gasteiger charge is 2.19. The maximum absolute atomic E-state index is 12.3. The zero-order valence-corrected chi connectivity index (χ0v) is 14.8. The molecule has 0 aliphatic rings. The van der Waals surface area contributed by atoms with E-state index in [-0.39, 0.29) is 10.2 Å². The molecule has 0 unspecified atom stereocenters. The first-order valence-corrected chi connectivity index (χ1v) is 9.05. The fourth-order valence-corrected chi connectivity index (χ4v) is 2.66. The predicted molar refractivity (Wildman–Crippen MR) is 87.0 cm³/mol. The molecule has 2 rings (SSSR count). The van der Waals surface area contributed by atoms with Gasteiger partial charge in [-0.05, 0) is 40.5 Å². The van der Waals surface area contributed by atoms with Gasteiger partial charge in [0.05, 0.1) is 4.47 Å². The Bertz CT molecular complexity index is 856. The second kappa shape index (κ2) is 6.31. The molecule has 0 bridgehead atoms. The van der Waals surface area contributed by atoms with Crippen molar-refractivity contribution < 1.29 is 13.2 Å². The molecule has 6 nitrogen and oxygen atoms in total. The Morgan fingerprint density at radius 1 is 1.36 bits per heavy atom. The molecule has 0 aliphatic carbocycles. The summed E-state index contributed by atoms with van der Waals surface area (Å²) in [5.41, 5.74) is 1.14. The Morgan fingerprint density at radius 3 is 2.68 bits per heavy atom. The van der Waals surface area contributed by atoms with Crippen molar-refractivity contribution >= 4 is 49.0 Å². The van der Waals surface area contributed by atoms with Gasteiger partial charge in [0.15, 0.2) is 0 Å². The van der Waals surface area contributed by atoms with Gasteiger partial charge in [0.2, 0.25) is 15.0 Å². The smallest absolute Gasteiger partial charge is 0.275 e. The summed E-state index contributed by atoms with van der Waals surface area (Å²) in [5, 5.41) is 2.75. The van der Waals surface area contributed by atoms with Crippen LogP contribution in [0.2, 0.25) is 5.02 Å². The Kier molecular flexibility index (Phi) is 4.84. The monoisotopic (exact) mass is 403 g/mol. The minimum absolute atomic E-state index is 0.0743. The topological polar surface area (TPSA) is 89.0 Å². The molecule has 0 saturated carbocycles. The summed E-state index contributed by atoms with van der Waals surface area (Å²) in [7, 11) is -3.61. The molecule has 0 spiro atoms. The minimum atomic E-state index is -3.61. The molecule has 0 fully saturated rings. The molecule has 0 saturated heterocycles. The average molecular weight is 405 g/mol. The molecule has 0 aliphatic heterocycles. The highest BCUT2D eigenvalue weighted by atomic mass is 79.9. The maximum atomic E-state index is 12.3. The lowest BCUT2D eigenvalue weighted by molar-refractivity contribution is 0.102.